The summed E-state index contributed by atoms with van der Waals surface area (Å²) >= 11 is 5.59. The topological polar surface area (TPSA) is 39.9 Å². The molecule has 0 aliphatic rings. The predicted octanol–water partition coefficient (Wildman–Crippen LogP) is 2.80. The van der Waals surface area contributed by atoms with Crippen LogP contribution in [0.3, 0.4) is 0 Å². The van der Waals surface area contributed by atoms with Gasteiger partial charge in [-0.25, -0.2) is 9.97 Å². The molecule has 0 N–H and O–H groups in total. The highest BCUT2D eigenvalue weighted by atomic mass is 35.5. The second-order valence-electron chi connectivity index (χ2n) is 3.48. The normalized spacial score (nSPS) is 13.0. The quantitative estimate of drug-likeness (QED) is 0.801. The van der Waals surface area contributed by atoms with Gasteiger partial charge >= 0.3 is 12.1 Å². The Morgan fingerprint density at radius 2 is 1.89 bits per heavy atom. The average molecular weight is 302 g/mol. The molecule has 10 heteroatoms. The van der Waals surface area contributed by atoms with Crippen molar-refractivity contribution in [2.75, 3.05) is 7.11 Å². The van der Waals surface area contributed by atoms with Gasteiger partial charge in [0.05, 0.1) is 5.02 Å². The molecular weight excluding hydrogens is 297 g/mol. The zero-order valence-corrected chi connectivity index (χ0v) is 9.93. The van der Waals surface area contributed by atoms with Gasteiger partial charge in [0.25, 0.3) is 0 Å². The van der Waals surface area contributed by atoms with Gasteiger partial charge in [0, 0.05) is 6.20 Å². The van der Waals surface area contributed by atoms with Gasteiger partial charge in [0.2, 0.25) is 5.82 Å². The monoisotopic (exact) mass is 301 g/mol. The van der Waals surface area contributed by atoms with Gasteiger partial charge in [0.15, 0.2) is 5.65 Å². The van der Waals surface area contributed by atoms with Gasteiger partial charge in [-0.3, -0.25) is 0 Å². The molecule has 2 rings (SSSR count). The molecule has 2 aromatic heterocycles. The molecule has 0 aromatic carbocycles. The van der Waals surface area contributed by atoms with Crippen LogP contribution >= 0.6 is 11.6 Å². The standard InChI is InChI=1S/C9H5ClF5N3O/c1-19-18-5-2-4(10)3-16-6(5)17-7(18)8(11,12)9(13,14)15/h2-3H,1H3. The zero-order chi connectivity index (χ0) is 14.4. The molecule has 104 valence electrons. The predicted molar refractivity (Wildman–Crippen MR) is 55.0 cm³/mol. The van der Waals surface area contributed by atoms with Crippen LogP contribution in [-0.4, -0.2) is 28.0 Å². The maximum Gasteiger partial charge on any atom is 0.461 e. The first-order valence-corrected chi connectivity index (χ1v) is 5.09. The van der Waals surface area contributed by atoms with Gasteiger partial charge in [-0.2, -0.15) is 26.7 Å². The third kappa shape index (κ3) is 2.07. The summed E-state index contributed by atoms with van der Waals surface area (Å²) in [6.45, 7) is 0. The van der Waals surface area contributed by atoms with Gasteiger partial charge < -0.3 is 4.84 Å². The highest BCUT2D eigenvalue weighted by Gasteiger charge is 2.62. The number of imidazole rings is 1. The summed E-state index contributed by atoms with van der Waals surface area (Å²) in [5, 5.41) is 0.0487. The smallest absolute Gasteiger partial charge is 0.415 e. The number of aromatic nitrogens is 3. The van der Waals surface area contributed by atoms with E-state index in [9.17, 15) is 22.0 Å². The van der Waals surface area contributed by atoms with Crippen molar-refractivity contribution in [3.63, 3.8) is 0 Å². The van der Waals surface area contributed by atoms with Crippen molar-refractivity contribution >= 4 is 22.8 Å². The minimum absolute atomic E-state index is 0.0487. The molecule has 19 heavy (non-hydrogen) atoms. The summed E-state index contributed by atoms with van der Waals surface area (Å²) in [5.41, 5.74) is -0.515. The largest absolute Gasteiger partial charge is 0.461 e. The summed E-state index contributed by atoms with van der Waals surface area (Å²) in [6.07, 6.45) is -4.72. The molecular formula is C9H5ClF5N3O. The Kier molecular flexibility index (Phi) is 3.04. The van der Waals surface area contributed by atoms with Crippen molar-refractivity contribution in [2.24, 2.45) is 0 Å². The van der Waals surface area contributed by atoms with Crippen LogP contribution in [0.15, 0.2) is 12.3 Å². The minimum Gasteiger partial charge on any atom is -0.415 e. The highest BCUT2D eigenvalue weighted by Crippen LogP contribution is 2.43. The molecule has 0 amide bonds. The van der Waals surface area contributed by atoms with E-state index in [1.807, 2.05) is 0 Å². The number of hydrogen-bond acceptors (Lipinski definition) is 3. The van der Waals surface area contributed by atoms with Crippen LogP contribution in [-0.2, 0) is 5.92 Å². The third-order valence-electron chi connectivity index (χ3n) is 2.26. The van der Waals surface area contributed by atoms with E-state index < -0.39 is 17.9 Å². The molecule has 0 atom stereocenters. The molecule has 0 fully saturated rings. The summed E-state index contributed by atoms with van der Waals surface area (Å²) in [7, 11) is 0.929. The van der Waals surface area contributed by atoms with E-state index in [0.717, 1.165) is 19.4 Å². The highest BCUT2D eigenvalue weighted by molar-refractivity contribution is 6.31. The maximum absolute atomic E-state index is 13.3. The fraction of sp³-hybridized carbons (Fsp3) is 0.333. The summed E-state index contributed by atoms with van der Waals surface area (Å²) in [6, 6.07) is 1.12. The van der Waals surface area contributed by atoms with Gasteiger partial charge in [0.1, 0.15) is 12.6 Å². The minimum atomic E-state index is -5.80. The third-order valence-corrected chi connectivity index (χ3v) is 2.46. The van der Waals surface area contributed by atoms with Crippen LogP contribution in [0.2, 0.25) is 5.02 Å². The lowest BCUT2D eigenvalue weighted by Crippen LogP contribution is -2.37. The fourth-order valence-corrected chi connectivity index (χ4v) is 1.58. The van der Waals surface area contributed by atoms with E-state index in [1.54, 1.807) is 0 Å². The Hall–Kier alpha value is -1.64. The summed E-state index contributed by atoms with van der Waals surface area (Å²) < 4.78 is 63.9. The lowest BCUT2D eigenvalue weighted by Gasteiger charge is -2.19. The van der Waals surface area contributed by atoms with Crippen LogP contribution in [0.4, 0.5) is 22.0 Å². The molecule has 0 bridgehead atoms. The fourth-order valence-electron chi connectivity index (χ4n) is 1.43. The van der Waals surface area contributed by atoms with Crippen LogP contribution < -0.4 is 4.84 Å². The molecule has 0 unspecified atom stereocenters. The van der Waals surface area contributed by atoms with Crippen LogP contribution in [0.1, 0.15) is 5.82 Å². The Labute approximate surface area is 107 Å². The van der Waals surface area contributed by atoms with Crippen molar-refractivity contribution in [2.45, 2.75) is 12.1 Å². The lowest BCUT2D eigenvalue weighted by molar-refractivity contribution is -0.295. The Morgan fingerprint density at radius 1 is 1.26 bits per heavy atom. The van der Waals surface area contributed by atoms with Gasteiger partial charge in [-0.05, 0) is 6.07 Å². The van der Waals surface area contributed by atoms with Crippen molar-refractivity contribution in [1.82, 2.24) is 14.7 Å². The first-order valence-electron chi connectivity index (χ1n) is 4.72. The Bertz CT molecular complexity index is 624. The second-order valence-corrected chi connectivity index (χ2v) is 3.92. The zero-order valence-electron chi connectivity index (χ0n) is 9.17. The maximum atomic E-state index is 13.3. The average Bonchev–Trinajstić information content (AvgIpc) is 2.65. The van der Waals surface area contributed by atoms with Gasteiger partial charge in [-0.1, -0.05) is 11.6 Å². The van der Waals surface area contributed by atoms with E-state index in [-0.39, 0.29) is 20.9 Å². The first-order chi connectivity index (χ1) is 8.68. The molecule has 0 radical (unpaired) electrons. The van der Waals surface area contributed by atoms with Crippen LogP contribution in [0.25, 0.3) is 11.2 Å². The Morgan fingerprint density at radius 3 is 2.42 bits per heavy atom. The SMILES string of the molecule is COn1c(C(F)(F)C(F)(F)F)nc2ncc(Cl)cc21. The second kappa shape index (κ2) is 4.19. The molecule has 0 saturated heterocycles. The van der Waals surface area contributed by atoms with E-state index >= 15 is 0 Å². The number of halogens is 6. The van der Waals surface area contributed by atoms with Crippen molar-refractivity contribution in [3.05, 3.63) is 23.1 Å². The van der Waals surface area contributed by atoms with Crippen molar-refractivity contribution in [1.29, 1.82) is 0 Å². The lowest BCUT2D eigenvalue weighted by atomic mass is 10.3. The number of hydrogen-bond donors (Lipinski definition) is 0. The number of rotatable bonds is 2. The number of alkyl halides is 5. The molecule has 0 aliphatic heterocycles. The van der Waals surface area contributed by atoms with Crippen molar-refractivity contribution in [3.8, 4) is 0 Å². The molecule has 4 nitrogen and oxygen atoms in total. The van der Waals surface area contributed by atoms with E-state index in [1.165, 1.54) is 0 Å². The summed E-state index contributed by atoms with van der Waals surface area (Å²) in [5.74, 6) is -6.77. The number of pyridine rings is 1. The summed E-state index contributed by atoms with van der Waals surface area (Å²) in [4.78, 5) is 11.2. The van der Waals surface area contributed by atoms with Crippen LogP contribution in [0.5, 0.6) is 0 Å². The Balaban J connectivity index is 2.74. The van der Waals surface area contributed by atoms with Crippen LogP contribution in [0, 0.1) is 0 Å². The molecule has 2 aromatic rings. The molecule has 0 spiro atoms. The van der Waals surface area contributed by atoms with Gasteiger partial charge in [-0.15, -0.1) is 0 Å². The van der Waals surface area contributed by atoms with E-state index in [0.29, 0.717) is 0 Å². The number of nitrogens with zero attached hydrogens (tertiary/aromatic N) is 3. The molecule has 0 aliphatic carbocycles. The van der Waals surface area contributed by atoms with E-state index in [2.05, 4.69) is 14.8 Å². The molecule has 0 saturated carbocycles. The molecule has 2 heterocycles. The first kappa shape index (κ1) is 13.8. The van der Waals surface area contributed by atoms with E-state index in [4.69, 9.17) is 11.6 Å². The van der Waals surface area contributed by atoms with Crippen molar-refractivity contribution < 1.29 is 26.8 Å². The number of fused-ring (bicyclic) bond motifs is 1.